The van der Waals surface area contributed by atoms with Crippen molar-refractivity contribution < 1.29 is 9.53 Å². The lowest BCUT2D eigenvalue weighted by Gasteiger charge is -2.28. The first-order chi connectivity index (χ1) is 12.8. The van der Waals surface area contributed by atoms with Crippen molar-refractivity contribution in [2.75, 3.05) is 13.2 Å². The third-order valence-corrected chi connectivity index (χ3v) is 4.93. The van der Waals surface area contributed by atoms with E-state index in [9.17, 15) is 9.59 Å². The molecule has 0 spiro atoms. The van der Waals surface area contributed by atoms with Crippen molar-refractivity contribution in [1.29, 1.82) is 0 Å². The molecule has 0 aliphatic carbocycles. The molecule has 1 amide bonds. The van der Waals surface area contributed by atoms with Crippen LogP contribution < -0.4 is 10.3 Å². The molecule has 144 valence electrons. The SMILES string of the molecule is CCn1cnc2c(c1=O)CCN(C(=O)COc1ccccc1C(C)(C)C)C2. The average Bonchev–Trinajstić information content (AvgIpc) is 2.65. The summed E-state index contributed by atoms with van der Waals surface area (Å²) in [4.78, 5) is 31.1. The largest absolute Gasteiger partial charge is 0.483 e. The molecule has 1 aliphatic rings. The molecule has 2 aromatic rings. The smallest absolute Gasteiger partial charge is 0.260 e. The van der Waals surface area contributed by atoms with E-state index in [0.717, 1.165) is 16.9 Å². The second-order valence-corrected chi connectivity index (χ2v) is 7.86. The topological polar surface area (TPSA) is 64.4 Å². The quantitative estimate of drug-likeness (QED) is 0.831. The van der Waals surface area contributed by atoms with Crippen LogP contribution in [0.25, 0.3) is 0 Å². The number of carbonyl (C=O) groups is 1. The van der Waals surface area contributed by atoms with Gasteiger partial charge >= 0.3 is 0 Å². The zero-order chi connectivity index (χ0) is 19.6. The fourth-order valence-electron chi connectivity index (χ4n) is 3.34. The predicted molar refractivity (Wildman–Crippen MR) is 104 cm³/mol. The van der Waals surface area contributed by atoms with Crippen LogP contribution >= 0.6 is 0 Å². The van der Waals surface area contributed by atoms with E-state index in [1.165, 1.54) is 0 Å². The van der Waals surface area contributed by atoms with Crippen LogP contribution in [0.2, 0.25) is 0 Å². The molecule has 6 heteroatoms. The summed E-state index contributed by atoms with van der Waals surface area (Å²) in [6.45, 7) is 9.73. The van der Waals surface area contributed by atoms with Crippen molar-refractivity contribution in [3.8, 4) is 5.75 Å². The molecule has 0 bridgehead atoms. The maximum absolute atomic E-state index is 12.6. The highest BCUT2D eigenvalue weighted by Gasteiger charge is 2.25. The molecule has 0 atom stereocenters. The number of carbonyl (C=O) groups excluding carboxylic acids is 1. The average molecular weight is 369 g/mol. The fraction of sp³-hybridized carbons (Fsp3) is 0.476. The monoisotopic (exact) mass is 369 g/mol. The second-order valence-electron chi connectivity index (χ2n) is 7.86. The molecule has 3 rings (SSSR count). The van der Waals surface area contributed by atoms with Gasteiger partial charge in [0.25, 0.3) is 11.5 Å². The summed E-state index contributed by atoms with van der Waals surface area (Å²) in [6, 6.07) is 7.81. The maximum Gasteiger partial charge on any atom is 0.260 e. The van der Waals surface area contributed by atoms with Crippen molar-refractivity contribution in [1.82, 2.24) is 14.5 Å². The van der Waals surface area contributed by atoms with Gasteiger partial charge in [-0.05, 0) is 30.4 Å². The van der Waals surface area contributed by atoms with Crippen LogP contribution in [0.4, 0.5) is 0 Å². The molecular weight excluding hydrogens is 342 g/mol. The molecular formula is C21H27N3O3. The molecule has 1 aliphatic heterocycles. The number of hydrogen-bond acceptors (Lipinski definition) is 4. The Labute approximate surface area is 159 Å². The standard InChI is InChI=1S/C21H27N3O3/c1-5-23-14-22-17-12-24(11-10-15(17)20(23)26)19(25)13-27-18-9-7-6-8-16(18)21(2,3)4/h6-9,14H,5,10-13H2,1-4H3. The Hall–Kier alpha value is -2.63. The lowest BCUT2D eigenvalue weighted by atomic mass is 9.86. The van der Waals surface area contributed by atoms with E-state index in [2.05, 4.69) is 25.8 Å². The maximum atomic E-state index is 12.6. The summed E-state index contributed by atoms with van der Waals surface area (Å²) in [5, 5.41) is 0. The molecule has 0 radical (unpaired) electrons. The Bertz CT molecular complexity index is 896. The first kappa shape index (κ1) is 19.1. The van der Waals surface area contributed by atoms with Crippen LogP contribution in [0.1, 0.15) is 44.5 Å². The normalized spacial score (nSPS) is 14.0. The molecule has 27 heavy (non-hydrogen) atoms. The number of para-hydroxylation sites is 1. The van der Waals surface area contributed by atoms with Gasteiger partial charge in [-0.3, -0.25) is 14.2 Å². The lowest BCUT2D eigenvalue weighted by molar-refractivity contribution is -0.134. The number of nitrogens with zero attached hydrogens (tertiary/aromatic N) is 3. The van der Waals surface area contributed by atoms with Crippen LogP contribution in [-0.4, -0.2) is 33.5 Å². The molecule has 1 aromatic heterocycles. The highest BCUT2D eigenvalue weighted by Crippen LogP contribution is 2.31. The van der Waals surface area contributed by atoms with Crippen LogP contribution in [0.3, 0.4) is 0 Å². The van der Waals surface area contributed by atoms with E-state index in [0.29, 0.717) is 31.7 Å². The highest BCUT2D eigenvalue weighted by atomic mass is 16.5. The Kier molecular flexibility index (Phi) is 5.35. The molecule has 2 heterocycles. The first-order valence-corrected chi connectivity index (χ1v) is 9.38. The predicted octanol–water partition coefficient (Wildman–Crippen LogP) is 2.52. The van der Waals surface area contributed by atoms with Crippen molar-refractivity contribution in [2.45, 2.75) is 52.6 Å². The summed E-state index contributed by atoms with van der Waals surface area (Å²) in [7, 11) is 0. The zero-order valence-electron chi connectivity index (χ0n) is 16.5. The molecule has 6 nitrogen and oxygen atoms in total. The van der Waals surface area contributed by atoms with E-state index >= 15 is 0 Å². The Balaban J connectivity index is 1.69. The fourth-order valence-corrected chi connectivity index (χ4v) is 3.34. The van der Waals surface area contributed by atoms with E-state index < -0.39 is 0 Å². The molecule has 0 saturated heterocycles. The van der Waals surface area contributed by atoms with Crippen LogP contribution in [-0.2, 0) is 29.7 Å². The Morgan fingerprint density at radius 1 is 1.26 bits per heavy atom. The minimum Gasteiger partial charge on any atom is -0.483 e. The number of aryl methyl sites for hydroxylation is 1. The van der Waals surface area contributed by atoms with Crippen molar-refractivity contribution in [2.24, 2.45) is 0 Å². The third-order valence-electron chi connectivity index (χ3n) is 4.93. The molecule has 0 unspecified atom stereocenters. The minimum atomic E-state index is -0.0918. The molecule has 0 saturated carbocycles. The molecule has 1 aromatic carbocycles. The van der Waals surface area contributed by atoms with Gasteiger partial charge in [-0.15, -0.1) is 0 Å². The number of rotatable bonds is 4. The second kappa shape index (κ2) is 7.55. The van der Waals surface area contributed by atoms with Gasteiger partial charge in [-0.2, -0.15) is 0 Å². The van der Waals surface area contributed by atoms with Crippen LogP contribution in [0, 0.1) is 0 Å². The van der Waals surface area contributed by atoms with Crippen LogP contribution in [0.15, 0.2) is 35.4 Å². The van der Waals surface area contributed by atoms with Gasteiger partial charge < -0.3 is 9.64 Å². The number of hydrogen-bond donors (Lipinski definition) is 0. The van der Waals surface area contributed by atoms with Gasteiger partial charge in [0.1, 0.15) is 5.75 Å². The van der Waals surface area contributed by atoms with Crippen molar-refractivity contribution >= 4 is 5.91 Å². The third kappa shape index (κ3) is 4.04. The van der Waals surface area contributed by atoms with Gasteiger partial charge in [-0.1, -0.05) is 39.0 Å². The van der Waals surface area contributed by atoms with Gasteiger partial charge in [0.05, 0.1) is 18.6 Å². The Morgan fingerprint density at radius 3 is 2.70 bits per heavy atom. The Morgan fingerprint density at radius 2 is 2.00 bits per heavy atom. The minimum absolute atomic E-state index is 0.00459. The van der Waals surface area contributed by atoms with E-state index in [1.54, 1.807) is 15.8 Å². The number of ether oxygens (including phenoxy) is 1. The summed E-state index contributed by atoms with van der Waals surface area (Å²) >= 11 is 0. The van der Waals surface area contributed by atoms with Crippen molar-refractivity contribution in [3.63, 3.8) is 0 Å². The van der Waals surface area contributed by atoms with Crippen molar-refractivity contribution in [3.05, 3.63) is 57.8 Å². The van der Waals surface area contributed by atoms with E-state index in [4.69, 9.17) is 4.74 Å². The van der Waals surface area contributed by atoms with E-state index in [1.807, 2.05) is 31.2 Å². The molecule has 0 N–H and O–H groups in total. The number of fused-ring (bicyclic) bond motifs is 1. The lowest BCUT2D eigenvalue weighted by Crippen LogP contribution is -2.42. The van der Waals surface area contributed by atoms with Gasteiger partial charge in [-0.25, -0.2) is 4.98 Å². The highest BCUT2D eigenvalue weighted by molar-refractivity contribution is 5.78. The summed E-state index contributed by atoms with van der Waals surface area (Å²) < 4.78 is 7.45. The summed E-state index contributed by atoms with van der Waals surface area (Å²) in [5.41, 5.74) is 2.43. The van der Waals surface area contributed by atoms with Gasteiger partial charge in [0.2, 0.25) is 0 Å². The number of amides is 1. The number of aromatic nitrogens is 2. The van der Waals surface area contributed by atoms with Gasteiger partial charge in [0, 0.05) is 18.7 Å². The molecule has 0 fully saturated rings. The summed E-state index contributed by atoms with van der Waals surface area (Å²) in [6.07, 6.45) is 2.09. The zero-order valence-corrected chi connectivity index (χ0v) is 16.5. The van der Waals surface area contributed by atoms with Crippen LogP contribution in [0.5, 0.6) is 5.75 Å². The summed E-state index contributed by atoms with van der Waals surface area (Å²) in [5.74, 6) is 0.644. The first-order valence-electron chi connectivity index (χ1n) is 9.38. The number of benzene rings is 1. The van der Waals surface area contributed by atoms with E-state index in [-0.39, 0.29) is 23.5 Å². The van der Waals surface area contributed by atoms with Gasteiger partial charge in [0.15, 0.2) is 6.61 Å².